The zero-order valence-corrected chi connectivity index (χ0v) is 5.88. The first-order valence-electron chi connectivity index (χ1n) is 3.41. The molecule has 0 aromatic rings. The molecule has 11 heavy (non-hydrogen) atoms. The first kappa shape index (κ1) is 8.89. The van der Waals surface area contributed by atoms with Crippen molar-refractivity contribution in [1.82, 2.24) is 0 Å². The van der Waals surface area contributed by atoms with Gasteiger partial charge in [-0.3, -0.25) is 0 Å². The van der Waals surface area contributed by atoms with Crippen LogP contribution in [0.4, 0.5) is 0 Å². The molecule has 0 saturated carbocycles. The Morgan fingerprint density at radius 1 is 1.45 bits per heavy atom. The smallest absolute Gasteiger partial charge is 0.150 e. The predicted molar refractivity (Wildman–Crippen MR) is 33.3 cm³/mol. The molecule has 1 fully saturated rings. The molecule has 4 atom stereocenters. The molecule has 1 heterocycles. The fraction of sp³-hybridized carbons (Fsp3) is 1.00. The van der Waals surface area contributed by atoms with E-state index < -0.39 is 31.0 Å². The zero-order valence-electron chi connectivity index (χ0n) is 5.88. The largest absolute Gasteiger partial charge is 0.394 e. The Bertz CT molecular complexity index is 126. The fourth-order valence-electron chi connectivity index (χ4n) is 1.01. The Hall–Kier alpha value is -0.200. The molecule has 0 unspecified atom stereocenters. The lowest BCUT2D eigenvalue weighted by atomic mass is 10.0. The average Bonchev–Trinajstić information content (AvgIpc) is 2.01. The highest BCUT2D eigenvalue weighted by Crippen LogP contribution is 2.15. The second-order valence-corrected chi connectivity index (χ2v) is 2.58. The van der Waals surface area contributed by atoms with Crippen LogP contribution in [0.3, 0.4) is 0 Å². The monoisotopic (exact) mass is 163 g/mol. The van der Waals surface area contributed by atoms with Gasteiger partial charge in [-0.15, -0.1) is 0 Å². The summed E-state index contributed by atoms with van der Waals surface area (Å²) in [7, 11) is 0. The van der Waals surface area contributed by atoms with Crippen molar-refractivity contribution in [2.24, 2.45) is 0 Å². The van der Waals surface area contributed by atoms with E-state index in [4.69, 9.17) is 20.1 Å². The summed E-state index contributed by atoms with van der Waals surface area (Å²) in [4.78, 5) is 0. The van der Waals surface area contributed by atoms with Crippen molar-refractivity contribution in [2.45, 2.75) is 24.4 Å². The normalized spacial score (nSPS) is 45.8. The summed E-state index contributed by atoms with van der Waals surface area (Å²) in [5.41, 5.74) is 0. The van der Waals surface area contributed by atoms with Crippen LogP contribution in [0.15, 0.2) is 0 Å². The van der Waals surface area contributed by atoms with Gasteiger partial charge in [0, 0.05) is 0 Å². The predicted octanol–water partition coefficient (Wildman–Crippen LogP) is -2.10. The van der Waals surface area contributed by atoms with E-state index in [0.717, 1.165) is 0 Å². The Labute approximate surface area is 63.8 Å². The molecule has 1 saturated heterocycles. The summed E-state index contributed by atoms with van der Waals surface area (Å²) in [6, 6.07) is 0. The van der Waals surface area contributed by atoms with E-state index in [9.17, 15) is 5.11 Å². The van der Waals surface area contributed by atoms with Crippen LogP contribution in [0.25, 0.3) is 0 Å². The lowest BCUT2D eigenvalue weighted by Gasteiger charge is -2.32. The molecule has 0 bridgehead atoms. The standard InChI is InChI=1S/C6H11O5/c7-1-4-6(10)5(9)3(8)2-11-4/h3-9H,1-2H2/t3-,4-,5-,6-/m1/s1. The average molecular weight is 163 g/mol. The van der Waals surface area contributed by atoms with Crippen LogP contribution < -0.4 is 0 Å². The molecule has 0 aliphatic carbocycles. The molecule has 1 rings (SSSR count). The van der Waals surface area contributed by atoms with Crippen molar-refractivity contribution >= 4 is 0 Å². The third kappa shape index (κ3) is 1.69. The number of aliphatic hydroxyl groups is 3. The molecular formula is C6H11O5. The van der Waals surface area contributed by atoms with Crippen molar-refractivity contribution in [1.29, 1.82) is 0 Å². The van der Waals surface area contributed by atoms with Gasteiger partial charge >= 0.3 is 0 Å². The van der Waals surface area contributed by atoms with Crippen molar-refractivity contribution < 1.29 is 25.2 Å². The molecule has 65 valence electrons. The molecule has 3 N–H and O–H groups in total. The molecule has 1 radical (unpaired) electrons. The molecule has 0 spiro atoms. The molecular weight excluding hydrogens is 152 g/mol. The molecule has 0 aromatic carbocycles. The molecule has 5 nitrogen and oxygen atoms in total. The lowest BCUT2D eigenvalue weighted by molar-refractivity contribution is -0.212. The van der Waals surface area contributed by atoms with E-state index in [1.54, 1.807) is 0 Å². The molecule has 0 aromatic heterocycles. The minimum atomic E-state index is -1.45. The van der Waals surface area contributed by atoms with Crippen molar-refractivity contribution in [3.8, 4) is 0 Å². The van der Waals surface area contributed by atoms with E-state index in [1.165, 1.54) is 0 Å². The van der Waals surface area contributed by atoms with Gasteiger partial charge < -0.3 is 20.1 Å². The van der Waals surface area contributed by atoms with Crippen molar-refractivity contribution in [3.63, 3.8) is 0 Å². The molecule has 0 amide bonds. The van der Waals surface area contributed by atoms with Crippen LogP contribution in [-0.2, 0) is 9.84 Å². The van der Waals surface area contributed by atoms with Gasteiger partial charge in [-0.05, 0) is 0 Å². The minimum Gasteiger partial charge on any atom is -0.394 e. The second kappa shape index (κ2) is 3.46. The van der Waals surface area contributed by atoms with Crippen molar-refractivity contribution in [2.75, 3.05) is 13.2 Å². The quantitative estimate of drug-likeness (QED) is 0.413. The Kier molecular flexibility index (Phi) is 2.80. The molecule has 5 heteroatoms. The summed E-state index contributed by atoms with van der Waals surface area (Å²) in [5, 5.41) is 37.4. The molecule has 1 aliphatic rings. The van der Waals surface area contributed by atoms with Crippen LogP contribution >= 0.6 is 0 Å². The van der Waals surface area contributed by atoms with Gasteiger partial charge in [-0.1, -0.05) is 0 Å². The minimum absolute atomic E-state index is 0.0921. The number of ether oxygens (including phenoxy) is 1. The lowest BCUT2D eigenvalue weighted by Crippen LogP contribution is -2.53. The van der Waals surface area contributed by atoms with Gasteiger partial charge in [-0.2, -0.15) is 0 Å². The van der Waals surface area contributed by atoms with E-state index in [-0.39, 0.29) is 6.61 Å². The fourth-order valence-corrected chi connectivity index (χ4v) is 1.01. The van der Waals surface area contributed by atoms with E-state index in [2.05, 4.69) is 0 Å². The molecule has 1 aliphatic heterocycles. The first-order chi connectivity index (χ1) is 5.16. The van der Waals surface area contributed by atoms with Crippen LogP contribution in [0.2, 0.25) is 0 Å². The number of hydrogen-bond donors (Lipinski definition) is 3. The Morgan fingerprint density at radius 3 is 2.64 bits per heavy atom. The highest BCUT2D eigenvalue weighted by atomic mass is 16.5. The number of aliphatic hydroxyl groups excluding tert-OH is 3. The van der Waals surface area contributed by atoms with Gasteiger partial charge in [0.25, 0.3) is 0 Å². The summed E-state index contributed by atoms with van der Waals surface area (Å²) >= 11 is 0. The van der Waals surface area contributed by atoms with Gasteiger partial charge in [0.1, 0.15) is 24.4 Å². The third-order valence-corrected chi connectivity index (χ3v) is 1.76. The zero-order chi connectivity index (χ0) is 8.43. The van der Waals surface area contributed by atoms with E-state index >= 15 is 0 Å². The second-order valence-electron chi connectivity index (χ2n) is 2.58. The summed E-state index contributed by atoms with van der Waals surface area (Å²) in [6.45, 7) is -0.511. The third-order valence-electron chi connectivity index (χ3n) is 1.76. The summed E-state index contributed by atoms with van der Waals surface area (Å²) in [6.07, 6.45) is -4.81. The number of rotatable bonds is 1. The van der Waals surface area contributed by atoms with Crippen LogP contribution in [0.1, 0.15) is 0 Å². The van der Waals surface area contributed by atoms with Crippen LogP contribution in [-0.4, -0.2) is 52.9 Å². The van der Waals surface area contributed by atoms with Crippen LogP contribution in [0.5, 0.6) is 0 Å². The van der Waals surface area contributed by atoms with Gasteiger partial charge in [-0.25, -0.2) is 5.11 Å². The maximum absolute atomic E-state index is 11.0. The highest BCUT2D eigenvalue weighted by Gasteiger charge is 2.38. The van der Waals surface area contributed by atoms with Gasteiger partial charge in [0.15, 0.2) is 0 Å². The van der Waals surface area contributed by atoms with E-state index in [1.807, 2.05) is 0 Å². The highest BCUT2D eigenvalue weighted by molar-refractivity contribution is 4.85. The topological polar surface area (TPSA) is 89.8 Å². The maximum atomic E-state index is 11.0. The summed E-state index contributed by atoms with van der Waals surface area (Å²) in [5.74, 6) is 0. The van der Waals surface area contributed by atoms with E-state index in [0.29, 0.717) is 0 Å². The maximum Gasteiger partial charge on any atom is 0.150 e. The Morgan fingerprint density at radius 2 is 2.09 bits per heavy atom. The SMILES string of the molecule is [O][C@H]1[C@H](O)[C@H](O)CO[C@@H]1CO. The van der Waals surface area contributed by atoms with Crippen molar-refractivity contribution in [3.05, 3.63) is 0 Å². The van der Waals surface area contributed by atoms with Crippen LogP contribution in [0, 0.1) is 0 Å². The first-order valence-corrected chi connectivity index (χ1v) is 3.41. The number of hydrogen-bond acceptors (Lipinski definition) is 4. The van der Waals surface area contributed by atoms with Gasteiger partial charge in [0.2, 0.25) is 0 Å². The summed E-state index contributed by atoms with van der Waals surface area (Å²) < 4.78 is 4.75. The van der Waals surface area contributed by atoms with Gasteiger partial charge in [0.05, 0.1) is 13.2 Å². The Balaban J connectivity index is 2.52.